The predicted molar refractivity (Wildman–Crippen MR) is 97.0 cm³/mol. The normalized spacial score (nSPS) is 14.6. The van der Waals surface area contributed by atoms with E-state index in [1.807, 2.05) is 12.1 Å². The van der Waals surface area contributed by atoms with Gasteiger partial charge < -0.3 is 19.7 Å². The Morgan fingerprint density at radius 2 is 1.85 bits per heavy atom. The Morgan fingerprint density at radius 3 is 2.56 bits per heavy atom. The lowest BCUT2D eigenvalue weighted by Gasteiger charge is -2.23. The molecule has 0 aromatic heterocycles. The van der Waals surface area contributed by atoms with Gasteiger partial charge in [-0.15, -0.1) is 0 Å². The molecule has 142 valence electrons. The van der Waals surface area contributed by atoms with Crippen LogP contribution in [0.4, 0.5) is 10.1 Å². The lowest BCUT2D eigenvalue weighted by Crippen LogP contribution is -3.12. The fraction of sp³-hybridized carbons (Fsp3) is 0.300. The molecule has 1 fully saturated rings. The van der Waals surface area contributed by atoms with Crippen LogP contribution in [0.2, 0.25) is 0 Å². The summed E-state index contributed by atoms with van der Waals surface area (Å²) >= 11 is 0. The van der Waals surface area contributed by atoms with Crippen molar-refractivity contribution in [2.24, 2.45) is 0 Å². The van der Waals surface area contributed by atoms with Crippen LogP contribution >= 0.6 is 0 Å². The number of carbonyl (C=O) groups excluding carboxylic acids is 2. The van der Waals surface area contributed by atoms with E-state index in [9.17, 15) is 14.0 Å². The molecule has 27 heavy (non-hydrogen) atoms. The third-order valence-corrected chi connectivity index (χ3v) is 4.29. The number of nitrogens with one attached hydrogen (secondary N) is 2. The summed E-state index contributed by atoms with van der Waals surface area (Å²) in [6.45, 7) is 3.95. The second-order valence-electron chi connectivity index (χ2n) is 6.37. The molecule has 0 radical (unpaired) electrons. The number of anilines is 1. The van der Waals surface area contributed by atoms with E-state index in [0.717, 1.165) is 38.4 Å². The first-order chi connectivity index (χ1) is 13.1. The predicted octanol–water partition coefficient (Wildman–Crippen LogP) is 1.04. The molecule has 0 aliphatic carbocycles. The number of carbonyl (C=O) groups is 2. The van der Waals surface area contributed by atoms with Crippen LogP contribution in [0.1, 0.15) is 15.9 Å². The molecular weight excluding hydrogens is 351 g/mol. The molecule has 7 heteroatoms. The van der Waals surface area contributed by atoms with Crippen LogP contribution in [-0.2, 0) is 20.8 Å². The maximum absolute atomic E-state index is 13.1. The quantitative estimate of drug-likeness (QED) is 0.743. The Labute approximate surface area is 156 Å². The van der Waals surface area contributed by atoms with E-state index in [1.54, 1.807) is 18.2 Å². The summed E-state index contributed by atoms with van der Waals surface area (Å²) in [6.07, 6.45) is 0. The highest BCUT2D eigenvalue weighted by molar-refractivity contribution is 5.95. The second-order valence-corrected chi connectivity index (χ2v) is 6.37. The number of amides is 1. The summed E-state index contributed by atoms with van der Waals surface area (Å²) < 4.78 is 23.4. The van der Waals surface area contributed by atoms with Crippen LogP contribution in [0, 0.1) is 5.82 Å². The van der Waals surface area contributed by atoms with Crippen molar-refractivity contribution < 1.29 is 28.4 Å². The van der Waals surface area contributed by atoms with Gasteiger partial charge in [0.25, 0.3) is 5.91 Å². The first-order valence-corrected chi connectivity index (χ1v) is 8.83. The van der Waals surface area contributed by atoms with Gasteiger partial charge in [0.2, 0.25) is 0 Å². The van der Waals surface area contributed by atoms with Crippen LogP contribution < -0.4 is 10.2 Å². The van der Waals surface area contributed by atoms with Crippen molar-refractivity contribution in [3.8, 4) is 0 Å². The second kappa shape index (κ2) is 9.25. The Bertz CT molecular complexity index is 789. The molecule has 2 aromatic rings. The summed E-state index contributed by atoms with van der Waals surface area (Å²) in [5.74, 6) is -1.56. The van der Waals surface area contributed by atoms with Crippen molar-refractivity contribution in [2.75, 3.05) is 38.2 Å². The number of hydrogen-bond acceptors (Lipinski definition) is 4. The van der Waals surface area contributed by atoms with Crippen molar-refractivity contribution in [3.05, 3.63) is 65.5 Å². The number of hydrogen-bond donors (Lipinski definition) is 2. The zero-order chi connectivity index (χ0) is 19.1. The zero-order valence-corrected chi connectivity index (χ0v) is 14.9. The molecule has 0 saturated carbocycles. The Kier molecular flexibility index (Phi) is 6.51. The summed E-state index contributed by atoms with van der Waals surface area (Å²) in [7, 11) is 0. The van der Waals surface area contributed by atoms with Crippen LogP contribution in [0.5, 0.6) is 0 Å². The van der Waals surface area contributed by atoms with Crippen LogP contribution in [0.25, 0.3) is 0 Å². The molecule has 0 unspecified atom stereocenters. The molecule has 1 heterocycles. The average Bonchev–Trinajstić information content (AvgIpc) is 2.67. The topological polar surface area (TPSA) is 69.1 Å². The molecule has 0 spiro atoms. The van der Waals surface area contributed by atoms with Gasteiger partial charge in [-0.1, -0.05) is 18.2 Å². The Hall–Kier alpha value is -2.77. The first-order valence-electron chi connectivity index (χ1n) is 8.83. The number of esters is 1. The fourth-order valence-corrected chi connectivity index (χ4v) is 2.86. The Balaban J connectivity index is 1.46. The van der Waals surface area contributed by atoms with Crippen molar-refractivity contribution in [3.63, 3.8) is 0 Å². The van der Waals surface area contributed by atoms with E-state index in [4.69, 9.17) is 9.47 Å². The van der Waals surface area contributed by atoms with Gasteiger partial charge in [0.15, 0.2) is 6.61 Å². The maximum Gasteiger partial charge on any atom is 0.338 e. The zero-order valence-electron chi connectivity index (χ0n) is 14.9. The van der Waals surface area contributed by atoms with Crippen molar-refractivity contribution in [1.82, 2.24) is 0 Å². The van der Waals surface area contributed by atoms with E-state index in [-0.39, 0.29) is 0 Å². The molecule has 1 aliphatic heterocycles. The van der Waals surface area contributed by atoms with Crippen molar-refractivity contribution in [2.45, 2.75) is 6.54 Å². The summed E-state index contributed by atoms with van der Waals surface area (Å²) in [5.41, 5.74) is 1.83. The smallest absolute Gasteiger partial charge is 0.338 e. The molecule has 1 saturated heterocycles. The fourth-order valence-electron chi connectivity index (χ4n) is 2.86. The number of ether oxygens (including phenoxy) is 2. The molecule has 1 amide bonds. The van der Waals surface area contributed by atoms with Crippen LogP contribution in [0.3, 0.4) is 0 Å². The molecule has 2 N–H and O–H groups in total. The molecule has 3 rings (SSSR count). The van der Waals surface area contributed by atoms with Gasteiger partial charge in [0, 0.05) is 11.3 Å². The van der Waals surface area contributed by atoms with E-state index in [2.05, 4.69) is 5.32 Å². The number of benzene rings is 2. The highest BCUT2D eigenvalue weighted by Gasteiger charge is 2.15. The highest BCUT2D eigenvalue weighted by atomic mass is 19.1. The van der Waals surface area contributed by atoms with Gasteiger partial charge in [-0.25, -0.2) is 9.18 Å². The standard InChI is InChI=1S/C20H21FN2O4/c21-17-2-1-3-18(12-17)22-19(24)14-27-20(25)16-6-4-15(5-7-16)13-23-8-10-26-11-9-23/h1-7,12H,8-11,13-14H2,(H,22,24)/p+1. The molecule has 0 atom stereocenters. The summed E-state index contributed by atoms with van der Waals surface area (Å²) in [6, 6.07) is 12.7. The minimum atomic E-state index is -0.574. The van der Waals surface area contributed by atoms with E-state index in [0.29, 0.717) is 11.3 Å². The third kappa shape index (κ3) is 5.87. The van der Waals surface area contributed by atoms with Crippen molar-refractivity contribution >= 4 is 17.6 Å². The minimum Gasteiger partial charge on any atom is -0.452 e. The number of morpholine rings is 1. The third-order valence-electron chi connectivity index (χ3n) is 4.29. The SMILES string of the molecule is O=C(COC(=O)c1ccc(C[NH+]2CCOCC2)cc1)Nc1cccc(F)c1. The van der Waals surface area contributed by atoms with Gasteiger partial charge in [-0.05, 0) is 30.3 Å². The van der Waals surface area contributed by atoms with E-state index >= 15 is 0 Å². The largest absolute Gasteiger partial charge is 0.452 e. The number of rotatable bonds is 6. The summed E-state index contributed by atoms with van der Waals surface area (Å²) in [5, 5.41) is 2.48. The van der Waals surface area contributed by atoms with Gasteiger partial charge in [-0.3, -0.25) is 4.79 Å². The molecular formula is C20H22FN2O4+. The van der Waals surface area contributed by atoms with Crippen molar-refractivity contribution in [1.29, 1.82) is 0 Å². The van der Waals surface area contributed by atoms with Crippen LogP contribution in [-0.4, -0.2) is 44.8 Å². The minimum absolute atomic E-state index is 0.311. The molecule has 6 nitrogen and oxygen atoms in total. The maximum atomic E-state index is 13.1. The molecule has 0 bridgehead atoms. The first kappa shape index (κ1) is 19.0. The van der Waals surface area contributed by atoms with Gasteiger partial charge in [0.1, 0.15) is 25.5 Å². The lowest BCUT2D eigenvalue weighted by atomic mass is 10.1. The van der Waals surface area contributed by atoms with Gasteiger partial charge >= 0.3 is 5.97 Å². The Morgan fingerprint density at radius 1 is 1.11 bits per heavy atom. The lowest BCUT2D eigenvalue weighted by molar-refractivity contribution is -0.921. The highest BCUT2D eigenvalue weighted by Crippen LogP contribution is 2.09. The van der Waals surface area contributed by atoms with Gasteiger partial charge in [0.05, 0.1) is 18.8 Å². The average molecular weight is 373 g/mol. The van der Waals surface area contributed by atoms with Crippen LogP contribution in [0.15, 0.2) is 48.5 Å². The van der Waals surface area contributed by atoms with Gasteiger partial charge in [-0.2, -0.15) is 0 Å². The molecule has 2 aromatic carbocycles. The van der Waals surface area contributed by atoms with E-state index in [1.165, 1.54) is 23.1 Å². The number of quaternary nitrogens is 1. The molecule has 1 aliphatic rings. The monoisotopic (exact) mass is 373 g/mol. The summed E-state index contributed by atoms with van der Waals surface area (Å²) in [4.78, 5) is 25.3. The van der Waals surface area contributed by atoms with E-state index < -0.39 is 24.3 Å². The number of halogens is 1.